The van der Waals surface area contributed by atoms with E-state index in [4.69, 9.17) is 4.74 Å². The maximum atomic E-state index is 12.7. The molecule has 0 spiro atoms. The zero-order valence-electron chi connectivity index (χ0n) is 18.2. The van der Waals surface area contributed by atoms with E-state index in [1.54, 1.807) is 23.7 Å². The van der Waals surface area contributed by atoms with Crippen molar-refractivity contribution in [3.8, 4) is 5.75 Å². The van der Waals surface area contributed by atoms with Gasteiger partial charge in [0, 0.05) is 25.1 Å². The summed E-state index contributed by atoms with van der Waals surface area (Å²) < 4.78 is 9.54. The number of halogens is 1. The first-order chi connectivity index (χ1) is 15.8. The van der Waals surface area contributed by atoms with E-state index in [1.807, 2.05) is 54.4 Å². The Morgan fingerprint density at radius 2 is 1.85 bits per heavy atom. The number of aromatic amines is 1. The summed E-state index contributed by atoms with van der Waals surface area (Å²) in [6, 6.07) is 17.1. The lowest BCUT2D eigenvalue weighted by molar-refractivity contribution is 0.0936. The van der Waals surface area contributed by atoms with Crippen LogP contribution in [-0.4, -0.2) is 44.0 Å². The topological polar surface area (TPSA) is 105 Å². The van der Waals surface area contributed by atoms with Crippen molar-refractivity contribution in [2.45, 2.75) is 19.2 Å². The molecule has 0 aliphatic carbocycles. The van der Waals surface area contributed by atoms with Crippen LogP contribution in [0.2, 0.25) is 0 Å². The molecule has 0 bridgehead atoms. The van der Waals surface area contributed by atoms with Crippen LogP contribution in [0.1, 0.15) is 5.56 Å². The highest BCUT2D eigenvalue weighted by Gasteiger charge is 2.22. The number of H-pyrrole nitrogens is 1. The number of hydrogen-bond donors (Lipinski definition) is 2. The van der Waals surface area contributed by atoms with Crippen molar-refractivity contribution in [3.63, 3.8) is 0 Å². The summed E-state index contributed by atoms with van der Waals surface area (Å²) in [7, 11) is 3.40. The van der Waals surface area contributed by atoms with Crippen LogP contribution in [0.4, 0.5) is 5.95 Å². The van der Waals surface area contributed by atoms with Crippen LogP contribution in [-0.2, 0) is 20.1 Å². The minimum atomic E-state index is -0.924. The van der Waals surface area contributed by atoms with Crippen LogP contribution < -0.4 is 20.9 Å². The van der Waals surface area contributed by atoms with Gasteiger partial charge in [0.05, 0.1) is 6.54 Å². The number of aryl methyl sites for hydroxylation is 1. The Bertz CT molecular complexity index is 1360. The standard InChI is InChI=1S/C23H24BrN5O4/c1-27(12-15-6-4-3-5-7-15)22-25-20-19(21(31)26-23(32)28(20)2)29(22)13-17(30)14-33-18-10-8-16(24)9-11-18/h3-11,17,30H,12-14H2,1-2H3,(H,26,31,32)/t17-/m1/s1. The monoisotopic (exact) mass is 513 g/mol. The summed E-state index contributed by atoms with van der Waals surface area (Å²) in [5.41, 5.74) is 0.421. The highest BCUT2D eigenvalue weighted by molar-refractivity contribution is 9.10. The van der Waals surface area contributed by atoms with Gasteiger partial charge >= 0.3 is 5.69 Å². The fraction of sp³-hybridized carbons (Fsp3) is 0.261. The first kappa shape index (κ1) is 22.8. The largest absolute Gasteiger partial charge is 0.491 e. The number of rotatable bonds is 8. The fourth-order valence-corrected chi connectivity index (χ4v) is 3.87. The molecule has 0 aliphatic heterocycles. The normalized spacial score (nSPS) is 12.1. The molecular formula is C23H24BrN5O4. The molecule has 0 fully saturated rings. The lowest BCUT2D eigenvalue weighted by Gasteiger charge is -2.21. The molecule has 33 heavy (non-hydrogen) atoms. The van der Waals surface area contributed by atoms with Gasteiger partial charge in [-0.15, -0.1) is 0 Å². The van der Waals surface area contributed by atoms with Crippen molar-refractivity contribution in [2.24, 2.45) is 7.05 Å². The van der Waals surface area contributed by atoms with Crippen LogP contribution in [0.15, 0.2) is 68.7 Å². The number of nitrogens with zero attached hydrogens (tertiary/aromatic N) is 4. The summed E-state index contributed by atoms with van der Waals surface area (Å²) >= 11 is 3.37. The first-order valence-corrected chi connectivity index (χ1v) is 11.1. The summed E-state index contributed by atoms with van der Waals surface area (Å²) in [5, 5.41) is 10.7. The number of ether oxygens (including phenoxy) is 1. The van der Waals surface area contributed by atoms with Gasteiger partial charge in [-0.2, -0.15) is 4.98 Å². The number of hydrogen-bond acceptors (Lipinski definition) is 6. The molecular weight excluding hydrogens is 490 g/mol. The van der Waals surface area contributed by atoms with Crippen molar-refractivity contribution in [3.05, 3.63) is 85.5 Å². The Balaban J connectivity index is 1.66. The van der Waals surface area contributed by atoms with Crippen LogP contribution >= 0.6 is 15.9 Å². The van der Waals surface area contributed by atoms with E-state index >= 15 is 0 Å². The SMILES string of the molecule is CN(Cc1ccccc1)c1nc2c(c(=O)[nH]c(=O)n2C)n1C[C@@H](O)COc1ccc(Br)cc1. The van der Waals surface area contributed by atoms with Crippen molar-refractivity contribution in [1.82, 2.24) is 19.1 Å². The minimum Gasteiger partial charge on any atom is -0.491 e. The number of aromatic nitrogens is 4. The molecule has 0 aliphatic rings. The molecule has 2 aromatic carbocycles. The molecule has 0 unspecified atom stereocenters. The van der Waals surface area contributed by atoms with E-state index in [9.17, 15) is 14.7 Å². The van der Waals surface area contributed by atoms with Gasteiger partial charge < -0.3 is 19.3 Å². The minimum absolute atomic E-state index is 0.0206. The number of aliphatic hydroxyl groups is 1. The van der Waals surface area contributed by atoms with E-state index < -0.39 is 17.4 Å². The lowest BCUT2D eigenvalue weighted by Crippen LogP contribution is -2.31. The third kappa shape index (κ3) is 5.01. The quantitative estimate of drug-likeness (QED) is 0.374. The first-order valence-electron chi connectivity index (χ1n) is 10.3. The average molecular weight is 514 g/mol. The zero-order valence-corrected chi connectivity index (χ0v) is 19.8. The molecule has 10 heteroatoms. The molecule has 9 nitrogen and oxygen atoms in total. The summed E-state index contributed by atoms with van der Waals surface area (Å²) in [5.74, 6) is 1.08. The van der Waals surface area contributed by atoms with E-state index in [1.165, 1.54) is 4.57 Å². The zero-order chi connectivity index (χ0) is 23.5. The fourth-order valence-electron chi connectivity index (χ4n) is 3.60. The summed E-state index contributed by atoms with van der Waals surface area (Å²) in [4.78, 5) is 33.6. The molecule has 4 rings (SSSR count). The Labute approximate surface area is 198 Å². The molecule has 0 radical (unpaired) electrons. The van der Waals surface area contributed by atoms with Crippen molar-refractivity contribution >= 4 is 33.0 Å². The molecule has 4 aromatic rings. The molecule has 0 saturated heterocycles. The Hall–Kier alpha value is -3.37. The number of imidazole rings is 1. The predicted molar refractivity (Wildman–Crippen MR) is 130 cm³/mol. The smallest absolute Gasteiger partial charge is 0.329 e. The van der Waals surface area contributed by atoms with Crippen molar-refractivity contribution in [1.29, 1.82) is 0 Å². The number of aliphatic hydroxyl groups excluding tert-OH is 1. The van der Waals surface area contributed by atoms with Gasteiger partial charge in [-0.1, -0.05) is 46.3 Å². The van der Waals surface area contributed by atoms with Crippen LogP contribution in [0.5, 0.6) is 5.75 Å². The third-order valence-corrected chi connectivity index (χ3v) is 5.77. The maximum Gasteiger partial charge on any atom is 0.329 e. The van der Waals surface area contributed by atoms with Crippen molar-refractivity contribution < 1.29 is 9.84 Å². The van der Waals surface area contributed by atoms with Gasteiger partial charge in [-0.25, -0.2) is 4.79 Å². The number of anilines is 1. The van der Waals surface area contributed by atoms with Gasteiger partial charge in [0.2, 0.25) is 5.95 Å². The Kier molecular flexibility index (Phi) is 6.66. The highest BCUT2D eigenvalue weighted by Crippen LogP contribution is 2.21. The van der Waals surface area contributed by atoms with Gasteiger partial charge in [0.25, 0.3) is 5.56 Å². The van der Waals surface area contributed by atoms with Gasteiger partial charge in [-0.05, 0) is 29.8 Å². The van der Waals surface area contributed by atoms with E-state index in [0.29, 0.717) is 18.2 Å². The second-order valence-corrected chi connectivity index (χ2v) is 8.69. The highest BCUT2D eigenvalue weighted by atomic mass is 79.9. The number of benzene rings is 2. The molecule has 1 atom stereocenters. The summed E-state index contributed by atoms with van der Waals surface area (Å²) in [6.45, 7) is 0.608. The molecule has 2 N–H and O–H groups in total. The van der Waals surface area contributed by atoms with E-state index in [2.05, 4.69) is 25.9 Å². The van der Waals surface area contributed by atoms with Gasteiger partial charge in [-0.3, -0.25) is 14.3 Å². The van der Waals surface area contributed by atoms with E-state index in [0.717, 1.165) is 10.0 Å². The van der Waals surface area contributed by atoms with Crippen LogP contribution in [0, 0.1) is 0 Å². The van der Waals surface area contributed by atoms with Crippen LogP contribution in [0.25, 0.3) is 11.2 Å². The maximum absolute atomic E-state index is 12.7. The third-order valence-electron chi connectivity index (χ3n) is 5.24. The number of nitrogens with one attached hydrogen (secondary N) is 1. The lowest BCUT2D eigenvalue weighted by atomic mass is 10.2. The molecule has 2 aromatic heterocycles. The Morgan fingerprint density at radius 3 is 2.55 bits per heavy atom. The second kappa shape index (κ2) is 9.63. The van der Waals surface area contributed by atoms with Gasteiger partial charge in [0.15, 0.2) is 11.2 Å². The van der Waals surface area contributed by atoms with Crippen molar-refractivity contribution in [2.75, 3.05) is 18.6 Å². The second-order valence-electron chi connectivity index (χ2n) is 7.77. The van der Waals surface area contributed by atoms with Gasteiger partial charge in [0.1, 0.15) is 18.5 Å². The number of fused-ring (bicyclic) bond motifs is 1. The molecule has 0 saturated carbocycles. The van der Waals surface area contributed by atoms with E-state index in [-0.39, 0.29) is 24.3 Å². The Morgan fingerprint density at radius 1 is 1.15 bits per heavy atom. The predicted octanol–water partition coefficient (Wildman–Crippen LogP) is 2.26. The summed E-state index contributed by atoms with van der Waals surface area (Å²) in [6.07, 6.45) is -0.924. The molecule has 2 heterocycles. The molecule has 0 amide bonds. The van der Waals surface area contributed by atoms with Crippen LogP contribution in [0.3, 0.4) is 0 Å². The molecule has 172 valence electrons. The average Bonchev–Trinajstić information content (AvgIpc) is 3.18.